The first-order valence-corrected chi connectivity index (χ1v) is 7.57. The van der Waals surface area contributed by atoms with Crippen LogP contribution in [0.5, 0.6) is 0 Å². The molecule has 0 spiro atoms. The summed E-state index contributed by atoms with van der Waals surface area (Å²) in [6, 6.07) is 15.0. The van der Waals surface area contributed by atoms with Gasteiger partial charge in [0.25, 0.3) is 5.91 Å². The van der Waals surface area contributed by atoms with E-state index in [1.807, 2.05) is 36.4 Å². The molecule has 108 valence electrons. The van der Waals surface area contributed by atoms with E-state index < -0.39 is 5.91 Å². The van der Waals surface area contributed by atoms with Gasteiger partial charge in [-0.2, -0.15) is 0 Å². The summed E-state index contributed by atoms with van der Waals surface area (Å²) in [5, 5.41) is 2.75. The van der Waals surface area contributed by atoms with E-state index in [9.17, 15) is 9.59 Å². The molecule has 21 heavy (non-hydrogen) atoms. The quantitative estimate of drug-likeness (QED) is 0.766. The van der Waals surface area contributed by atoms with Crippen LogP contribution in [-0.4, -0.2) is 11.8 Å². The van der Waals surface area contributed by atoms with Crippen LogP contribution in [0.4, 0.5) is 5.69 Å². The zero-order valence-corrected chi connectivity index (χ0v) is 13.5. The standard InChI is InChI=1S/C16H15IN2O2/c17-12-7-8-14(13(10-12)16(18)21)19-15(20)9-6-11-4-2-1-3-5-11/h1-5,7-8,10H,6,9H2,(H2,18,21)(H,19,20). The van der Waals surface area contributed by atoms with E-state index in [1.54, 1.807) is 12.1 Å². The summed E-state index contributed by atoms with van der Waals surface area (Å²) in [4.78, 5) is 23.4. The second-order valence-corrected chi connectivity index (χ2v) is 5.83. The SMILES string of the molecule is NC(=O)c1cc(I)ccc1NC(=O)CCc1ccccc1. The number of carbonyl (C=O) groups is 2. The molecular weight excluding hydrogens is 379 g/mol. The van der Waals surface area contributed by atoms with E-state index >= 15 is 0 Å². The number of hydrogen-bond donors (Lipinski definition) is 2. The van der Waals surface area contributed by atoms with Crippen molar-refractivity contribution in [2.75, 3.05) is 5.32 Å². The van der Waals surface area contributed by atoms with Crippen LogP contribution in [0, 0.1) is 3.57 Å². The smallest absolute Gasteiger partial charge is 0.250 e. The number of amides is 2. The molecule has 0 aliphatic heterocycles. The highest BCUT2D eigenvalue weighted by Gasteiger charge is 2.11. The first-order chi connectivity index (χ1) is 10.1. The van der Waals surface area contributed by atoms with Crippen molar-refractivity contribution in [2.45, 2.75) is 12.8 Å². The molecule has 0 saturated carbocycles. The fraction of sp³-hybridized carbons (Fsp3) is 0.125. The molecule has 0 aliphatic rings. The summed E-state index contributed by atoms with van der Waals surface area (Å²) in [6.45, 7) is 0. The predicted molar refractivity (Wildman–Crippen MR) is 91.1 cm³/mol. The van der Waals surface area contributed by atoms with Crippen molar-refractivity contribution in [3.63, 3.8) is 0 Å². The summed E-state index contributed by atoms with van der Waals surface area (Å²) in [5.41, 5.74) is 7.22. The lowest BCUT2D eigenvalue weighted by Crippen LogP contribution is -2.18. The first-order valence-electron chi connectivity index (χ1n) is 6.49. The number of nitrogens with one attached hydrogen (secondary N) is 1. The van der Waals surface area contributed by atoms with Gasteiger partial charge in [0.2, 0.25) is 5.91 Å². The highest BCUT2D eigenvalue weighted by atomic mass is 127. The fourth-order valence-corrected chi connectivity index (χ4v) is 2.44. The van der Waals surface area contributed by atoms with E-state index in [0.717, 1.165) is 9.13 Å². The third-order valence-electron chi connectivity index (χ3n) is 3.00. The Kier molecular flexibility index (Phi) is 5.32. The molecule has 5 heteroatoms. The van der Waals surface area contributed by atoms with Gasteiger partial charge in [0, 0.05) is 9.99 Å². The van der Waals surface area contributed by atoms with Crippen molar-refractivity contribution in [1.82, 2.24) is 0 Å². The Balaban J connectivity index is 2.01. The summed E-state index contributed by atoms with van der Waals surface area (Å²) < 4.78 is 0.892. The Hall–Kier alpha value is -1.89. The topological polar surface area (TPSA) is 72.2 Å². The third-order valence-corrected chi connectivity index (χ3v) is 3.68. The van der Waals surface area contributed by atoms with Gasteiger partial charge in [-0.15, -0.1) is 0 Å². The van der Waals surface area contributed by atoms with E-state index in [1.165, 1.54) is 0 Å². The number of nitrogens with two attached hydrogens (primary N) is 1. The minimum atomic E-state index is -0.549. The fourth-order valence-electron chi connectivity index (χ4n) is 1.94. The Bertz CT molecular complexity index is 657. The average Bonchev–Trinajstić information content (AvgIpc) is 2.48. The Morgan fingerprint density at radius 3 is 2.48 bits per heavy atom. The van der Waals surface area contributed by atoms with Crippen LogP contribution in [0.15, 0.2) is 48.5 Å². The van der Waals surface area contributed by atoms with Crippen molar-refractivity contribution in [1.29, 1.82) is 0 Å². The maximum Gasteiger partial charge on any atom is 0.250 e. The lowest BCUT2D eigenvalue weighted by Gasteiger charge is -2.09. The summed E-state index contributed by atoms with van der Waals surface area (Å²) in [7, 11) is 0. The van der Waals surface area contributed by atoms with Gasteiger partial charge in [0.05, 0.1) is 11.3 Å². The van der Waals surface area contributed by atoms with Gasteiger partial charge in [0.1, 0.15) is 0 Å². The van der Waals surface area contributed by atoms with E-state index in [4.69, 9.17) is 5.73 Å². The molecule has 2 aromatic carbocycles. The van der Waals surface area contributed by atoms with E-state index in [0.29, 0.717) is 24.1 Å². The molecule has 2 aromatic rings. The molecule has 2 amide bonds. The molecule has 4 nitrogen and oxygen atoms in total. The molecular formula is C16H15IN2O2. The van der Waals surface area contributed by atoms with Crippen LogP contribution in [0.1, 0.15) is 22.3 Å². The van der Waals surface area contributed by atoms with Gasteiger partial charge in [-0.3, -0.25) is 9.59 Å². The normalized spacial score (nSPS) is 10.1. The van der Waals surface area contributed by atoms with Crippen LogP contribution in [0.25, 0.3) is 0 Å². The predicted octanol–water partition coefficient (Wildman–Crippen LogP) is 2.96. The van der Waals surface area contributed by atoms with Crippen LogP contribution in [-0.2, 0) is 11.2 Å². The lowest BCUT2D eigenvalue weighted by molar-refractivity contribution is -0.116. The number of rotatable bonds is 5. The maximum absolute atomic E-state index is 12.0. The molecule has 0 unspecified atom stereocenters. The average molecular weight is 394 g/mol. The van der Waals surface area contributed by atoms with Crippen LogP contribution in [0.2, 0.25) is 0 Å². The number of halogens is 1. The summed E-state index contributed by atoms with van der Waals surface area (Å²) in [5.74, 6) is -0.686. The van der Waals surface area contributed by atoms with Crippen LogP contribution < -0.4 is 11.1 Å². The molecule has 2 rings (SSSR count). The van der Waals surface area contributed by atoms with Gasteiger partial charge < -0.3 is 11.1 Å². The number of carbonyl (C=O) groups excluding carboxylic acids is 2. The number of primary amides is 1. The highest BCUT2D eigenvalue weighted by Crippen LogP contribution is 2.19. The van der Waals surface area contributed by atoms with Crippen LogP contribution in [0.3, 0.4) is 0 Å². The summed E-state index contributed by atoms with van der Waals surface area (Å²) in [6.07, 6.45) is 1.01. The number of hydrogen-bond acceptors (Lipinski definition) is 2. The number of anilines is 1. The van der Waals surface area contributed by atoms with Crippen molar-refractivity contribution in [3.8, 4) is 0 Å². The van der Waals surface area contributed by atoms with E-state index in [-0.39, 0.29) is 5.91 Å². The lowest BCUT2D eigenvalue weighted by atomic mass is 10.1. The minimum absolute atomic E-state index is 0.137. The number of aryl methyl sites for hydroxylation is 1. The Labute approximate surface area is 136 Å². The maximum atomic E-state index is 12.0. The van der Waals surface area contributed by atoms with Gasteiger partial charge >= 0.3 is 0 Å². The second-order valence-electron chi connectivity index (χ2n) is 4.59. The summed E-state index contributed by atoms with van der Waals surface area (Å²) >= 11 is 2.09. The second kappa shape index (κ2) is 7.21. The minimum Gasteiger partial charge on any atom is -0.366 e. The highest BCUT2D eigenvalue weighted by molar-refractivity contribution is 14.1. The Morgan fingerprint density at radius 2 is 1.81 bits per heavy atom. The molecule has 0 saturated heterocycles. The van der Waals surface area contributed by atoms with E-state index in [2.05, 4.69) is 27.9 Å². The van der Waals surface area contributed by atoms with Gasteiger partial charge in [-0.1, -0.05) is 30.3 Å². The zero-order valence-electron chi connectivity index (χ0n) is 11.3. The van der Waals surface area contributed by atoms with Gasteiger partial charge in [-0.05, 0) is 52.8 Å². The molecule has 0 fully saturated rings. The number of benzene rings is 2. The van der Waals surface area contributed by atoms with Gasteiger partial charge in [-0.25, -0.2) is 0 Å². The molecule has 0 atom stereocenters. The largest absolute Gasteiger partial charge is 0.366 e. The first kappa shape index (κ1) is 15.5. The van der Waals surface area contributed by atoms with Crippen molar-refractivity contribution >= 4 is 40.1 Å². The van der Waals surface area contributed by atoms with Gasteiger partial charge in [0.15, 0.2) is 0 Å². The molecule has 0 heterocycles. The molecule has 3 N–H and O–H groups in total. The van der Waals surface area contributed by atoms with Crippen LogP contribution >= 0.6 is 22.6 Å². The Morgan fingerprint density at radius 1 is 1.10 bits per heavy atom. The third kappa shape index (κ3) is 4.56. The van der Waals surface area contributed by atoms with Crippen molar-refractivity contribution in [3.05, 3.63) is 63.2 Å². The van der Waals surface area contributed by atoms with Crippen molar-refractivity contribution < 1.29 is 9.59 Å². The molecule has 0 aliphatic carbocycles. The molecule has 0 radical (unpaired) electrons. The molecule has 0 aromatic heterocycles. The molecule has 0 bridgehead atoms. The van der Waals surface area contributed by atoms with Crippen molar-refractivity contribution in [2.24, 2.45) is 5.73 Å². The monoisotopic (exact) mass is 394 g/mol. The zero-order chi connectivity index (χ0) is 15.2.